The average Bonchev–Trinajstić information content (AvgIpc) is 2.72. The lowest BCUT2D eigenvalue weighted by Crippen LogP contribution is -2.18. The molecule has 0 spiro atoms. The van der Waals surface area contributed by atoms with Gasteiger partial charge in [-0.2, -0.15) is 13.2 Å². The Balaban J connectivity index is 1.81. The van der Waals surface area contributed by atoms with Crippen LogP contribution in [0.3, 0.4) is 0 Å². The van der Waals surface area contributed by atoms with Gasteiger partial charge in [-0.3, -0.25) is 4.98 Å². The summed E-state index contributed by atoms with van der Waals surface area (Å²) in [4.78, 5) is 12.6. The Morgan fingerprint density at radius 1 is 1.22 bits per heavy atom. The molecular formula is C22H17ClF4N4O. The van der Waals surface area contributed by atoms with Gasteiger partial charge in [0.2, 0.25) is 5.13 Å². The smallest absolute Gasteiger partial charge is 0.378 e. The second kappa shape index (κ2) is 8.48. The van der Waals surface area contributed by atoms with E-state index in [1.807, 2.05) is 0 Å². The first-order valence-electron chi connectivity index (χ1n) is 9.52. The lowest BCUT2D eigenvalue weighted by atomic mass is 10.1. The van der Waals surface area contributed by atoms with E-state index in [9.17, 15) is 17.6 Å². The van der Waals surface area contributed by atoms with Gasteiger partial charge in [-0.15, -0.1) is 0 Å². The number of nitrogens with one attached hydrogen (secondary N) is 1. The molecule has 1 aliphatic carbocycles. The summed E-state index contributed by atoms with van der Waals surface area (Å²) in [7, 11) is 1.49. The Morgan fingerprint density at radius 2 is 2.03 bits per heavy atom. The number of fused-ring (bicyclic) bond motifs is 1. The summed E-state index contributed by atoms with van der Waals surface area (Å²) in [6.07, 6.45) is 1.06. The van der Waals surface area contributed by atoms with Crippen molar-refractivity contribution < 1.29 is 22.3 Å². The zero-order valence-electron chi connectivity index (χ0n) is 16.8. The molecule has 5 nitrogen and oxygen atoms in total. The van der Waals surface area contributed by atoms with Gasteiger partial charge in [-0.05, 0) is 42.5 Å². The van der Waals surface area contributed by atoms with Crippen molar-refractivity contribution in [3.05, 3.63) is 71.7 Å². The van der Waals surface area contributed by atoms with Crippen LogP contribution in [-0.2, 0) is 17.5 Å². The van der Waals surface area contributed by atoms with Crippen LogP contribution >= 0.6 is 11.6 Å². The van der Waals surface area contributed by atoms with Crippen LogP contribution in [0.25, 0.3) is 22.4 Å². The van der Waals surface area contributed by atoms with Gasteiger partial charge in [0.15, 0.2) is 5.65 Å². The van der Waals surface area contributed by atoms with E-state index in [-0.39, 0.29) is 30.1 Å². The minimum Gasteiger partial charge on any atom is -0.378 e. The van der Waals surface area contributed by atoms with Crippen molar-refractivity contribution in [2.45, 2.75) is 24.3 Å². The highest BCUT2D eigenvalue weighted by Crippen LogP contribution is 2.37. The average molecular weight is 465 g/mol. The maximum atomic E-state index is 14.2. The number of pyridine rings is 3. The molecule has 1 aliphatic rings. The monoisotopic (exact) mass is 464 g/mol. The molecule has 32 heavy (non-hydrogen) atoms. The van der Waals surface area contributed by atoms with Crippen LogP contribution in [0.2, 0.25) is 0 Å². The molecule has 0 saturated heterocycles. The molecule has 0 radical (unpaired) electrons. The van der Waals surface area contributed by atoms with Crippen molar-refractivity contribution in [3.63, 3.8) is 0 Å². The van der Waals surface area contributed by atoms with E-state index in [0.29, 0.717) is 22.5 Å². The van der Waals surface area contributed by atoms with Crippen LogP contribution in [0.1, 0.15) is 17.7 Å². The van der Waals surface area contributed by atoms with Crippen molar-refractivity contribution in [2.24, 2.45) is 0 Å². The second-order valence-electron chi connectivity index (χ2n) is 7.17. The predicted octanol–water partition coefficient (Wildman–Crippen LogP) is 6.02. The van der Waals surface area contributed by atoms with E-state index in [1.54, 1.807) is 18.2 Å². The summed E-state index contributed by atoms with van der Waals surface area (Å²) in [6, 6.07) is 6.93. The number of aromatic nitrogens is 3. The van der Waals surface area contributed by atoms with E-state index in [1.165, 1.54) is 37.6 Å². The van der Waals surface area contributed by atoms with Gasteiger partial charge in [-0.1, -0.05) is 17.7 Å². The molecule has 1 N–H and O–H groups in total. The van der Waals surface area contributed by atoms with Gasteiger partial charge in [0, 0.05) is 30.8 Å². The topological polar surface area (TPSA) is 59.9 Å². The summed E-state index contributed by atoms with van der Waals surface area (Å²) in [5, 5.41) is 1.66. The molecule has 3 aromatic rings. The highest BCUT2D eigenvalue weighted by Gasteiger charge is 2.34. The number of alkyl halides is 5. The number of hydrogen-bond donors (Lipinski definition) is 1. The van der Waals surface area contributed by atoms with Crippen LogP contribution in [0.4, 0.5) is 23.2 Å². The van der Waals surface area contributed by atoms with Crippen LogP contribution in [0, 0.1) is 0 Å². The molecule has 3 aromatic heterocycles. The minimum atomic E-state index is -4.58. The molecule has 1 unspecified atom stereocenters. The highest BCUT2D eigenvalue weighted by atomic mass is 35.5. The standard InChI is InChI=1S/C22H17ClF4N4O/c1-32-12-14-10-18(29-13-4-2-8-21(23,24)11-13)15-6-7-17(31-20(15)30-14)19-16(22(25,26)27)5-3-9-28-19/h2-10H,11-12H2,1H3,(H,29,30,31). The summed E-state index contributed by atoms with van der Waals surface area (Å²) in [6.45, 7) is 0.148. The third-order valence-corrected chi connectivity index (χ3v) is 4.99. The second-order valence-corrected chi connectivity index (χ2v) is 7.80. The summed E-state index contributed by atoms with van der Waals surface area (Å²) >= 11 is 5.79. The molecule has 0 saturated carbocycles. The first kappa shape index (κ1) is 22.2. The first-order valence-corrected chi connectivity index (χ1v) is 9.89. The Morgan fingerprint density at radius 3 is 2.75 bits per heavy atom. The maximum Gasteiger partial charge on any atom is 0.418 e. The zero-order chi connectivity index (χ0) is 22.9. The summed E-state index contributed by atoms with van der Waals surface area (Å²) in [5.41, 5.74) is 0.609. The van der Waals surface area contributed by atoms with Gasteiger partial charge < -0.3 is 10.1 Å². The lowest BCUT2D eigenvalue weighted by Gasteiger charge is -2.21. The fourth-order valence-electron chi connectivity index (χ4n) is 3.39. The van der Waals surface area contributed by atoms with Crippen LogP contribution in [0.15, 0.2) is 60.5 Å². The molecular weight excluding hydrogens is 448 g/mol. The van der Waals surface area contributed by atoms with Gasteiger partial charge in [0.05, 0.1) is 29.2 Å². The molecule has 166 valence electrons. The van der Waals surface area contributed by atoms with Crippen molar-refractivity contribution in [2.75, 3.05) is 12.4 Å². The summed E-state index contributed by atoms with van der Waals surface area (Å²) < 4.78 is 59.6. The van der Waals surface area contributed by atoms with Gasteiger partial charge in [-0.25, -0.2) is 14.4 Å². The maximum absolute atomic E-state index is 14.2. The van der Waals surface area contributed by atoms with Crippen molar-refractivity contribution in [1.29, 1.82) is 0 Å². The predicted molar refractivity (Wildman–Crippen MR) is 114 cm³/mol. The van der Waals surface area contributed by atoms with E-state index in [0.717, 1.165) is 6.07 Å². The number of halogens is 5. The molecule has 1 atom stereocenters. The Kier molecular flexibility index (Phi) is 5.87. The van der Waals surface area contributed by atoms with E-state index >= 15 is 0 Å². The number of rotatable bonds is 5. The van der Waals surface area contributed by atoms with E-state index < -0.39 is 16.9 Å². The van der Waals surface area contributed by atoms with Crippen molar-refractivity contribution in [3.8, 4) is 11.4 Å². The fourth-order valence-corrected chi connectivity index (χ4v) is 3.60. The van der Waals surface area contributed by atoms with Gasteiger partial charge in [0.1, 0.15) is 5.69 Å². The minimum absolute atomic E-state index is 0.0294. The Labute approximate surface area is 185 Å². The third kappa shape index (κ3) is 4.73. The van der Waals surface area contributed by atoms with Gasteiger partial charge in [0.25, 0.3) is 0 Å². The Bertz CT molecular complexity index is 1220. The molecule has 10 heteroatoms. The van der Waals surface area contributed by atoms with E-state index in [2.05, 4.69) is 20.3 Å². The van der Waals surface area contributed by atoms with Crippen molar-refractivity contribution in [1.82, 2.24) is 15.0 Å². The zero-order valence-corrected chi connectivity index (χ0v) is 17.5. The Hall–Kier alpha value is -3.04. The van der Waals surface area contributed by atoms with Crippen LogP contribution in [0.5, 0.6) is 0 Å². The number of anilines is 1. The normalized spacial score (nSPS) is 18.6. The number of allylic oxidation sites excluding steroid dienone is 4. The lowest BCUT2D eigenvalue weighted by molar-refractivity contribution is -0.137. The molecule has 0 amide bonds. The number of ether oxygens (including phenoxy) is 1. The molecule has 0 bridgehead atoms. The molecule has 4 rings (SSSR count). The quantitative estimate of drug-likeness (QED) is 0.370. The fraction of sp³-hybridized carbons (Fsp3) is 0.227. The van der Waals surface area contributed by atoms with Gasteiger partial charge >= 0.3 is 6.18 Å². The third-order valence-electron chi connectivity index (χ3n) is 4.73. The first-order chi connectivity index (χ1) is 15.2. The summed E-state index contributed by atoms with van der Waals surface area (Å²) in [5.74, 6) is 0. The van der Waals surface area contributed by atoms with Crippen LogP contribution < -0.4 is 5.32 Å². The molecule has 3 heterocycles. The SMILES string of the molecule is COCc1cc(NC2=CC=CC(F)(Cl)C2)c2ccc(-c3ncccc3C(F)(F)F)nc2n1. The van der Waals surface area contributed by atoms with Crippen molar-refractivity contribution >= 4 is 28.3 Å². The number of methoxy groups -OCH3 is 1. The number of hydrogen-bond acceptors (Lipinski definition) is 5. The van der Waals surface area contributed by atoms with Crippen LogP contribution in [-0.4, -0.2) is 27.2 Å². The highest BCUT2D eigenvalue weighted by molar-refractivity contribution is 6.24. The molecule has 0 aliphatic heterocycles. The molecule has 0 aromatic carbocycles. The number of nitrogens with zero attached hydrogens (tertiary/aromatic N) is 3. The largest absolute Gasteiger partial charge is 0.418 e. The molecule has 0 fully saturated rings. The van der Waals surface area contributed by atoms with E-state index in [4.69, 9.17) is 16.3 Å².